The van der Waals surface area contributed by atoms with Crippen molar-refractivity contribution in [3.05, 3.63) is 130 Å². The van der Waals surface area contributed by atoms with Gasteiger partial charge in [-0.2, -0.15) is 0 Å². The Balaban J connectivity index is -0.000000204. The molecule has 0 amide bonds. The third-order valence-corrected chi connectivity index (χ3v) is 19.4. The fourth-order valence-electron chi connectivity index (χ4n) is 12.2. The molecule has 4 aromatic rings. The van der Waals surface area contributed by atoms with Crippen LogP contribution in [0.3, 0.4) is 0 Å². The van der Waals surface area contributed by atoms with E-state index in [1.807, 2.05) is 125 Å². The monoisotopic (exact) mass is 1480 g/mol. The van der Waals surface area contributed by atoms with Gasteiger partial charge >= 0.3 is 0 Å². The van der Waals surface area contributed by atoms with E-state index < -0.39 is 0 Å². The molecule has 3 saturated heterocycles. The fraction of sp³-hybridized carbons (Fsp3) is 0.753. The number of aryl methyl sites for hydroxylation is 1. The molecule has 9 heteroatoms. The topological polar surface area (TPSA) is 25.7 Å². The van der Waals surface area contributed by atoms with Crippen molar-refractivity contribution in [2.45, 2.75) is 401 Å². The smallest absolute Gasteiger partial charge is 0.0401 e. The highest BCUT2D eigenvalue weighted by Crippen LogP contribution is 2.32. The molecule has 12 rings (SSSR count). The Morgan fingerprint density at radius 3 is 0.849 bits per heavy atom. The molecule has 1 aliphatic carbocycles. The van der Waals surface area contributed by atoms with Gasteiger partial charge in [0.15, 0.2) is 0 Å². The number of nitrogens with zero attached hydrogens (tertiary/aromatic N) is 8. The number of hydrogen-bond donors (Lipinski definition) is 0. The second kappa shape index (κ2) is 74.1. The van der Waals surface area contributed by atoms with Crippen LogP contribution in [0, 0.1) is 11.8 Å². The van der Waals surface area contributed by atoms with Gasteiger partial charge in [-0.1, -0.05) is 256 Å². The lowest BCUT2D eigenvalue weighted by Gasteiger charge is -2.34. The highest BCUT2D eigenvalue weighted by atomic mass is 15.3. The molecule has 1 saturated carbocycles. The van der Waals surface area contributed by atoms with E-state index in [-0.39, 0.29) is 8.41 Å². The zero-order valence-electron chi connectivity index (χ0n) is 79.1. The van der Waals surface area contributed by atoms with Crippen LogP contribution in [0.4, 0.5) is 11.4 Å². The Kier molecular flexibility index (Phi) is 80.8. The molecule has 7 heterocycles. The first-order chi connectivity index (χ1) is 50.3. The third kappa shape index (κ3) is 51.7. The average molecular weight is 1480 g/mol. The van der Waals surface area contributed by atoms with E-state index >= 15 is 0 Å². The molecule has 4 fully saturated rings. The van der Waals surface area contributed by atoms with Crippen LogP contribution in [0.15, 0.2) is 97.1 Å². The van der Waals surface area contributed by atoms with Crippen LogP contribution < -0.4 is 9.80 Å². The summed E-state index contributed by atoms with van der Waals surface area (Å²) in [6.45, 7) is 93.9. The molecule has 0 bridgehead atoms. The van der Waals surface area contributed by atoms with E-state index in [1.54, 1.807) is 5.56 Å². The number of benzene rings is 4. The predicted molar refractivity (Wildman–Crippen MR) is 493 cm³/mol. The van der Waals surface area contributed by atoms with Crippen molar-refractivity contribution in [1.82, 2.24) is 29.4 Å². The second-order valence-corrected chi connectivity index (χ2v) is 29.7. The van der Waals surface area contributed by atoms with Crippen molar-refractivity contribution >= 4 is 19.8 Å². The summed E-state index contributed by atoms with van der Waals surface area (Å²) in [5, 5.41) is 0. The highest BCUT2D eigenvalue weighted by Gasteiger charge is 2.24. The van der Waals surface area contributed by atoms with E-state index in [0.29, 0.717) is 29.7 Å². The summed E-state index contributed by atoms with van der Waals surface area (Å²) in [4.78, 5) is 19.6. The fourth-order valence-corrected chi connectivity index (χ4v) is 12.2. The van der Waals surface area contributed by atoms with Gasteiger partial charge < -0.3 is 24.5 Å². The largest absolute Gasteiger partial charge is 0.369 e. The van der Waals surface area contributed by atoms with E-state index in [1.165, 1.54) is 175 Å². The van der Waals surface area contributed by atoms with Gasteiger partial charge in [0, 0.05) is 120 Å². The van der Waals surface area contributed by atoms with Crippen LogP contribution in [-0.4, -0.2) is 159 Å². The highest BCUT2D eigenvalue weighted by molar-refractivity contribution is 5.75. The van der Waals surface area contributed by atoms with Crippen molar-refractivity contribution in [1.29, 1.82) is 0 Å². The Bertz CT molecular complexity index is 2400. The molecule has 0 aromatic heterocycles. The van der Waals surface area contributed by atoms with Crippen LogP contribution >= 0.6 is 0 Å². The van der Waals surface area contributed by atoms with Crippen LogP contribution in [0.25, 0.3) is 0 Å². The molecule has 106 heavy (non-hydrogen) atoms. The van der Waals surface area contributed by atoms with Gasteiger partial charge in [-0.05, 0) is 260 Å². The maximum Gasteiger partial charge on any atom is 0.0401 e. The lowest BCUT2D eigenvalue weighted by Crippen LogP contribution is -2.41. The first kappa shape index (κ1) is 116. The van der Waals surface area contributed by atoms with E-state index in [4.69, 9.17) is 0 Å². The zero-order valence-corrected chi connectivity index (χ0v) is 79.1. The van der Waals surface area contributed by atoms with Gasteiger partial charge in [0.25, 0.3) is 0 Å². The lowest BCUT2D eigenvalue weighted by atomic mass is 9.95. The first-order valence-electron chi connectivity index (χ1n) is 44.5. The van der Waals surface area contributed by atoms with Gasteiger partial charge in [-0.15, -0.1) is 0 Å². The number of anilines is 2. The number of likely N-dealkylation sites (tertiary alicyclic amines) is 2. The molecule has 0 atom stereocenters. The van der Waals surface area contributed by atoms with Crippen LogP contribution in [0.5, 0.6) is 0 Å². The number of piperidine rings is 1. The molecule has 0 unspecified atom stereocenters. The molecule has 0 N–H and O–H groups in total. The van der Waals surface area contributed by atoms with Crippen molar-refractivity contribution < 1.29 is 0 Å². The van der Waals surface area contributed by atoms with E-state index in [9.17, 15) is 0 Å². The van der Waals surface area contributed by atoms with Gasteiger partial charge in [0.1, 0.15) is 0 Å². The lowest BCUT2D eigenvalue weighted by molar-refractivity contribution is 0.138. The average Bonchev–Trinajstić information content (AvgIpc) is 1.45. The van der Waals surface area contributed by atoms with Gasteiger partial charge in [0.05, 0.1) is 0 Å². The van der Waals surface area contributed by atoms with Gasteiger partial charge in [-0.3, -0.25) is 14.7 Å². The second-order valence-electron chi connectivity index (χ2n) is 29.7. The van der Waals surface area contributed by atoms with Gasteiger partial charge in [-0.25, -0.2) is 0 Å². The maximum absolute atomic E-state index is 2.56. The zero-order chi connectivity index (χ0) is 82.2. The number of fused-ring (bicyclic) bond motifs is 4. The maximum atomic E-state index is 2.56. The SMILES string of the molecule is CC.CC.CC.CC.CC.CC.CC.CC.CC.CC(C)C1CCCC1.CC(C)N1CC1.CC(C)N1CCC1.CC(C)N1CCCCC1.CC(C)N1CCCc2ccccc21.CC(C)N1CCc2ccccc21.CC(C)N1CCc2ccccc2C1.CC(C)N1Cc2ccccc2C1.CN(C)C(C)(C)C.[B]. The molecule has 0 spiro atoms. The molecule has 621 valence electrons. The molecular formula is C97H190BN8. The summed E-state index contributed by atoms with van der Waals surface area (Å²) >= 11 is 0. The Morgan fingerprint density at radius 2 is 0.566 bits per heavy atom. The quantitative estimate of drug-likeness (QED) is 0.127. The summed E-state index contributed by atoms with van der Waals surface area (Å²) in [5.41, 5.74) is 12.3. The van der Waals surface area contributed by atoms with Crippen LogP contribution in [-0.2, 0) is 38.9 Å². The van der Waals surface area contributed by atoms with Crippen molar-refractivity contribution in [3.8, 4) is 0 Å². The Morgan fingerprint density at radius 1 is 0.283 bits per heavy atom. The molecule has 4 aromatic carbocycles. The molecule has 8 aliphatic rings. The van der Waals surface area contributed by atoms with E-state index in [2.05, 4.69) is 282 Å². The standard InChI is InChI=1S/2C12H17N.2C11H15N.C8H17N.C8H16.C6H13N.C6H15N.C5H11N.9C2H6.B/c1-10(2)13-9-5-7-11-6-3-4-8-12(11)13;1-10(2)13-8-7-11-5-3-4-6-12(11)9-13;1-9(2)12-7-10-5-3-4-6-11(10)8-12;1-9(2)12-8-7-10-5-3-4-6-11(10)12;1-8(2)9-6-4-3-5-7-9;1-7(2)8-5-3-4-6-8;1-6(2)7-4-3-5-7;1-6(2,3)7(4)5;1-5(2)6-3-4-6;9*1-2;/h3-4,6,8,10H,5,7,9H2,1-2H3;3-6,10H,7-9H2,1-2H3;2*3-6,9H,7-8H2,1-2H3;8H,3-7H2,1-2H3;7-8H,3-6H2,1-2H3;6H,3-5H2,1-2H3;1-5H3;5H,3-4H2,1-2H3;9*1-2H3;. The van der Waals surface area contributed by atoms with Crippen LogP contribution in [0.2, 0.25) is 0 Å². The first-order valence-corrected chi connectivity index (χ1v) is 44.5. The predicted octanol–water partition coefficient (Wildman–Crippen LogP) is 26.9. The molecule has 8 nitrogen and oxygen atoms in total. The number of para-hydroxylation sites is 2. The summed E-state index contributed by atoms with van der Waals surface area (Å²) in [6, 6.07) is 40.0. The van der Waals surface area contributed by atoms with Gasteiger partial charge in [0.2, 0.25) is 0 Å². The molecule has 3 radical (unpaired) electrons. The normalized spacial score (nSPS) is 15.6. The summed E-state index contributed by atoms with van der Waals surface area (Å²) in [6.07, 6.45) is 16.6. The summed E-state index contributed by atoms with van der Waals surface area (Å²) < 4.78 is 0. The minimum absolute atomic E-state index is 0. The van der Waals surface area contributed by atoms with Crippen LogP contribution in [0.1, 0.15) is 347 Å². The van der Waals surface area contributed by atoms with Crippen molar-refractivity contribution in [2.24, 2.45) is 11.8 Å². The molecule has 7 aliphatic heterocycles. The Hall–Kier alpha value is -3.70. The minimum Gasteiger partial charge on any atom is -0.369 e. The summed E-state index contributed by atoms with van der Waals surface area (Å²) in [7, 11) is 4.17. The number of hydrogen-bond acceptors (Lipinski definition) is 8. The number of rotatable bonds is 8. The molecular weight excluding hydrogens is 1290 g/mol. The minimum atomic E-state index is 0. The van der Waals surface area contributed by atoms with E-state index in [0.717, 1.165) is 49.6 Å². The summed E-state index contributed by atoms with van der Waals surface area (Å²) in [5.74, 6) is 2.01. The Labute approximate surface area is 671 Å². The van der Waals surface area contributed by atoms with Crippen molar-refractivity contribution in [3.63, 3.8) is 0 Å². The van der Waals surface area contributed by atoms with Crippen molar-refractivity contribution in [2.75, 3.05) is 82.8 Å². The third-order valence-electron chi connectivity index (χ3n) is 19.4.